The molecule has 0 bridgehead atoms. The number of amidine groups is 1. The average molecular weight is 442 g/mol. The van der Waals surface area contributed by atoms with Crippen LogP contribution in [0.5, 0.6) is 0 Å². The molecule has 170 valence electrons. The average Bonchev–Trinajstić information content (AvgIpc) is 3.34. The molecule has 3 aliphatic rings. The molecule has 1 aromatic rings. The Hall–Kier alpha value is -3.27. The fraction of sp³-hybridized carbons (Fsp3) is 0.500. The summed E-state index contributed by atoms with van der Waals surface area (Å²) in [5.41, 5.74) is 2.31. The molecule has 1 atom stereocenters. The molecule has 1 unspecified atom stereocenters. The van der Waals surface area contributed by atoms with E-state index in [0.29, 0.717) is 70.2 Å². The van der Waals surface area contributed by atoms with Crippen molar-refractivity contribution >= 4 is 29.2 Å². The minimum atomic E-state index is -1.42. The Morgan fingerprint density at radius 3 is 2.28 bits per heavy atom. The second kappa shape index (κ2) is 9.47. The molecule has 4 rings (SSSR count). The monoisotopic (exact) mass is 442 g/mol. The predicted octanol–water partition coefficient (Wildman–Crippen LogP) is 0.729. The number of Topliss-reactive ketones (excluding diaryl/α,β-unsaturated/α-hetero) is 1. The topological polar surface area (TPSA) is 133 Å². The number of carbonyl (C=O) groups excluding carboxylic acids is 2. The van der Waals surface area contributed by atoms with Crippen LogP contribution in [0.4, 0.5) is 0 Å². The Kier molecular flexibility index (Phi) is 6.50. The van der Waals surface area contributed by atoms with Crippen LogP contribution in [-0.4, -0.2) is 89.6 Å². The third-order valence-corrected chi connectivity index (χ3v) is 6.15. The first-order chi connectivity index (χ1) is 15.4. The Balaban J connectivity index is 1.30. The molecule has 2 N–H and O–H groups in total. The molecule has 0 radical (unpaired) electrons. The van der Waals surface area contributed by atoms with Crippen molar-refractivity contribution in [1.29, 1.82) is 5.41 Å². The van der Waals surface area contributed by atoms with Gasteiger partial charge < -0.3 is 24.5 Å². The highest BCUT2D eigenvalue weighted by atomic mass is 16.6. The SMILES string of the molecule is N=C(c1ccc(C2=NOC(C(=O)N3CCC(C(=O)C(=O)O)CC3)C2)cc1)N1CCOCC1. The summed E-state index contributed by atoms with van der Waals surface area (Å²) in [6, 6.07) is 7.49. The van der Waals surface area contributed by atoms with Crippen molar-refractivity contribution in [2.75, 3.05) is 39.4 Å². The van der Waals surface area contributed by atoms with Gasteiger partial charge in [0.2, 0.25) is 11.9 Å². The van der Waals surface area contributed by atoms with Gasteiger partial charge in [-0.15, -0.1) is 0 Å². The molecule has 1 amide bonds. The van der Waals surface area contributed by atoms with Crippen LogP contribution < -0.4 is 0 Å². The van der Waals surface area contributed by atoms with Crippen LogP contribution in [-0.2, 0) is 24.0 Å². The second-order valence-corrected chi connectivity index (χ2v) is 8.13. The quantitative estimate of drug-likeness (QED) is 0.390. The molecule has 2 fully saturated rings. The van der Waals surface area contributed by atoms with E-state index in [9.17, 15) is 14.4 Å². The third kappa shape index (κ3) is 4.64. The number of piperidine rings is 1. The van der Waals surface area contributed by atoms with Gasteiger partial charge in [0, 0.05) is 44.1 Å². The Morgan fingerprint density at radius 2 is 1.66 bits per heavy atom. The number of morpholine rings is 1. The van der Waals surface area contributed by atoms with Gasteiger partial charge in [-0.2, -0.15) is 0 Å². The van der Waals surface area contributed by atoms with E-state index in [0.717, 1.165) is 11.1 Å². The summed E-state index contributed by atoms with van der Waals surface area (Å²) in [6.07, 6.45) is 0.303. The standard InChI is InChI=1S/C22H26N4O6/c23-20(25-9-11-31-12-10-25)16-3-1-14(2-4-16)17-13-18(32-24-17)21(28)26-7-5-15(6-8-26)19(27)22(29)30/h1-4,15,18,23H,5-13H2,(H,29,30). The molecule has 0 spiro atoms. The van der Waals surface area contributed by atoms with Crippen LogP contribution in [0.15, 0.2) is 29.4 Å². The molecule has 32 heavy (non-hydrogen) atoms. The summed E-state index contributed by atoms with van der Waals surface area (Å²) in [5.74, 6) is -2.48. The molecule has 3 heterocycles. The lowest BCUT2D eigenvalue weighted by Gasteiger charge is -2.31. The van der Waals surface area contributed by atoms with E-state index in [1.807, 2.05) is 29.2 Å². The lowest BCUT2D eigenvalue weighted by molar-refractivity contribution is -0.152. The number of carbonyl (C=O) groups is 3. The second-order valence-electron chi connectivity index (χ2n) is 8.13. The van der Waals surface area contributed by atoms with Gasteiger partial charge >= 0.3 is 5.97 Å². The number of rotatable bonds is 5. The molecule has 0 aliphatic carbocycles. The fourth-order valence-electron chi connectivity index (χ4n) is 4.21. The van der Waals surface area contributed by atoms with Crippen molar-refractivity contribution in [3.63, 3.8) is 0 Å². The first-order valence-electron chi connectivity index (χ1n) is 10.7. The van der Waals surface area contributed by atoms with E-state index < -0.39 is 23.8 Å². The molecule has 0 aromatic heterocycles. The summed E-state index contributed by atoms with van der Waals surface area (Å²) in [7, 11) is 0. The highest BCUT2D eigenvalue weighted by molar-refractivity contribution is 6.33. The maximum absolute atomic E-state index is 12.8. The maximum Gasteiger partial charge on any atom is 0.372 e. The number of nitrogens with zero attached hydrogens (tertiary/aromatic N) is 3. The van der Waals surface area contributed by atoms with Crippen molar-refractivity contribution in [2.24, 2.45) is 11.1 Å². The smallest absolute Gasteiger partial charge is 0.372 e. The van der Waals surface area contributed by atoms with E-state index in [4.69, 9.17) is 20.1 Å². The van der Waals surface area contributed by atoms with E-state index in [2.05, 4.69) is 5.16 Å². The van der Waals surface area contributed by atoms with Gasteiger partial charge in [0.1, 0.15) is 5.84 Å². The van der Waals surface area contributed by atoms with Crippen molar-refractivity contribution in [3.05, 3.63) is 35.4 Å². The van der Waals surface area contributed by atoms with Crippen LogP contribution in [0.1, 0.15) is 30.4 Å². The summed E-state index contributed by atoms with van der Waals surface area (Å²) >= 11 is 0. The predicted molar refractivity (Wildman–Crippen MR) is 114 cm³/mol. The minimum absolute atomic E-state index is 0.198. The zero-order valence-electron chi connectivity index (χ0n) is 17.7. The third-order valence-electron chi connectivity index (χ3n) is 6.15. The van der Waals surface area contributed by atoms with E-state index >= 15 is 0 Å². The van der Waals surface area contributed by atoms with Crippen LogP contribution in [0.25, 0.3) is 0 Å². The number of carboxylic acid groups (broad SMARTS) is 1. The fourth-order valence-corrected chi connectivity index (χ4v) is 4.21. The number of hydrogen-bond donors (Lipinski definition) is 2. The number of aliphatic carboxylic acids is 1. The number of likely N-dealkylation sites (tertiary alicyclic amines) is 1. The highest BCUT2D eigenvalue weighted by Crippen LogP contribution is 2.23. The zero-order chi connectivity index (χ0) is 22.7. The number of carboxylic acids is 1. The van der Waals surface area contributed by atoms with Gasteiger partial charge in [0.05, 0.1) is 18.9 Å². The summed E-state index contributed by atoms with van der Waals surface area (Å²) < 4.78 is 5.33. The van der Waals surface area contributed by atoms with Crippen LogP contribution in [0.3, 0.4) is 0 Å². The first-order valence-corrected chi connectivity index (χ1v) is 10.7. The van der Waals surface area contributed by atoms with Crippen LogP contribution >= 0.6 is 0 Å². The number of ketones is 1. The molecule has 3 aliphatic heterocycles. The Morgan fingerprint density at radius 1 is 1.00 bits per heavy atom. The van der Waals surface area contributed by atoms with E-state index in [-0.39, 0.29) is 5.91 Å². The van der Waals surface area contributed by atoms with Gasteiger partial charge in [-0.25, -0.2) is 4.79 Å². The van der Waals surface area contributed by atoms with Gasteiger partial charge in [-0.1, -0.05) is 29.4 Å². The number of amides is 1. The molecule has 10 heteroatoms. The molecule has 0 saturated carbocycles. The number of hydrogen-bond acceptors (Lipinski definition) is 7. The van der Waals surface area contributed by atoms with Crippen LogP contribution in [0.2, 0.25) is 0 Å². The largest absolute Gasteiger partial charge is 0.475 e. The van der Waals surface area contributed by atoms with Gasteiger partial charge in [0.25, 0.3) is 5.91 Å². The van der Waals surface area contributed by atoms with Gasteiger partial charge in [-0.05, 0) is 18.4 Å². The van der Waals surface area contributed by atoms with Crippen molar-refractivity contribution < 1.29 is 29.1 Å². The number of benzene rings is 1. The molecule has 2 saturated heterocycles. The molecular weight excluding hydrogens is 416 g/mol. The zero-order valence-corrected chi connectivity index (χ0v) is 17.7. The van der Waals surface area contributed by atoms with Gasteiger partial charge in [-0.3, -0.25) is 15.0 Å². The van der Waals surface area contributed by atoms with Crippen molar-refractivity contribution in [3.8, 4) is 0 Å². The Bertz CT molecular complexity index is 930. The lowest BCUT2D eigenvalue weighted by Crippen LogP contribution is -2.45. The normalized spacial score (nSPS) is 21.6. The van der Waals surface area contributed by atoms with Gasteiger partial charge in [0.15, 0.2) is 0 Å². The van der Waals surface area contributed by atoms with Crippen molar-refractivity contribution in [1.82, 2.24) is 9.80 Å². The highest BCUT2D eigenvalue weighted by Gasteiger charge is 2.36. The summed E-state index contributed by atoms with van der Waals surface area (Å²) in [5, 5.41) is 21.3. The number of nitrogens with one attached hydrogen (secondary N) is 1. The molecular formula is C22H26N4O6. The molecule has 1 aromatic carbocycles. The lowest BCUT2D eigenvalue weighted by atomic mass is 9.92. The van der Waals surface area contributed by atoms with E-state index in [1.54, 1.807) is 4.90 Å². The summed E-state index contributed by atoms with van der Waals surface area (Å²) in [6.45, 7) is 3.31. The number of ether oxygens (including phenoxy) is 1. The maximum atomic E-state index is 12.8. The molecule has 10 nitrogen and oxygen atoms in total. The van der Waals surface area contributed by atoms with Crippen LogP contribution in [0, 0.1) is 11.3 Å². The number of oxime groups is 1. The first kappa shape index (κ1) is 21.9. The minimum Gasteiger partial charge on any atom is -0.475 e. The van der Waals surface area contributed by atoms with E-state index in [1.165, 1.54) is 0 Å². The summed E-state index contributed by atoms with van der Waals surface area (Å²) in [4.78, 5) is 44.2. The Labute approximate surface area is 185 Å². The van der Waals surface area contributed by atoms with Crippen molar-refractivity contribution in [2.45, 2.75) is 25.4 Å².